The first kappa shape index (κ1) is 9.02. The summed E-state index contributed by atoms with van der Waals surface area (Å²) in [5, 5.41) is 9.45. The fraction of sp³-hybridized carbons (Fsp3) is 0.200. The zero-order chi connectivity index (χ0) is 11.0. The number of nitrogens with one attached hydrogen (secondary N) is 3. The van der Waals surface area contributed by atoms with Crippen molar-refractivity contribution in [3.05, 3.63) is 28.7 Å². The van der Waals surface area contributed by atoms with Crippen molar-refractivity contribution < 1.29 is 4.74 Å². The lowest BCUT2D eigenvalue weighted by molar-refractivity contribution is 0.324. The maximum Gasteiger partial charge on any atom is 0.340 e. The van der Waals surface area contributed by atoms with Gasteiger partial charge in [-0.05, 0) is 12.1 Å². The average Bonchev–Trinajstić information content (AvgIpc) is 2.75. The van der Waals surface area contributed by atoms with Gasteiger partial charge in [-0.25, -0.2) is 9.89 Å². The van der Waals surface area contributed by atoms with E-state index in [1.807, 2.05) is 18.2 Å². The lowest BCUT2D eigenvalue weighted by atomic mass is 10.1. The Balaban J connectivity index is 2.17. The number of aromatic amines is 2. The monoisotopic (exact) mass is 218 g/mol. The molecule has 3 N–H and O–H groups in total. The molecule has 1 aromatic carbocycles. The molecule has 1 aliphatic heterocycles. The number of ether oxygens (including phenoxy) is 1. The predicted molar refractivity (Wildman–Crippen MR) is 58.6 cm³/mol. The number of nitrogens with zero attached hydrogens (tertiary/aromatic N) is 1. The van der Waals surface area contributed by atoms with Crippen LogP contribution in [0.2, 0.25) is 0 Å². The van der Waals surface area contributed by atoms with Crippen molar-refractivity contribution in [1.29, 1.82) is 0 Å². The van der Waals surface area contributed by atoms with Gasteiger partial charge in [0, 0.05) is 6.54 Å². The fourth-order valence-corrected chi connectivity index (χ4v) is 1.75. The van der Waals surface area contributed by atoms with Crippen LogP contribution in [0.1, 0.15) is 0 Å². The second-order valence-electron chi connectivity index (χ2n) is 3.48. The Morgan fingerprint density at radius 2 is 2.31 bits per heavy atom. The van der Waals surface area contributed by atoms with Crippen molar-refractivity contribution in [3.8, 4) is 17.1 Å². The molecule has 82 valence electrons. The molecule has 16 heavy (non-hydrogen) atoms. The van der Waals surface area contributed by atoms with E-state index in [0.29, 0.717) is 12.4 Å². The Labute approximate surface area is 90.7 Å². The standard InChI is InChI=1S/C10H10N4O2/c15-10-12-9(13-14-10)6-2-1-3-7-8(6)16-5-4-11-7/h1-3,11H,4-5H2,(H2,12,13,14,15). The lowest BCUT2D eigenvalue weighted by Crippen LogP contribution is -2.18. The highest BCUT2D eigenvalue weighted by Crippen LogP contribution is 2.35. The molecule has 0 radical (unpaired) electrons. The maximum atomic E-state index is 11.0. The second-order valence-corrected chi connectivity index (χ2v) is 3.48. The quantitative estimate of drug-likeness (QED) is 0.653. The van der Waals surface area contributed by atoms with E-state index in [2.05, 4.69) is 20.5 Å². The van der Waals surface area contributed by atoms with Crippen LogP contribution < -0.4 is 15.7 Å². The van der Waals surface area contributed by atoms with Gasteiger partial charge in [0.05, 0.1) is 11.3 Å². The van der Waals surface area contributed by atoms with Gasteiger partial charge in [-0.2, -0.15) is 5.10 Å². The first-order chi connectivity index (χ1) is 7.84. The minimum atomic E-state index is -0.323. The summed E-state index contributed by atoms with van der Waals surface area (Å²) < 4.78 is 5.58. The van der Waals surface area contributed by atoms with Gasteiger partial charge in [-0.15, -0.1) is 0 Å². The highest BCUT2D eigenvalue weighted by atomic mass is 16.5. The third kappa shape index (κ3) is 1.35. The molecule has 0 atom stereocenters. The van der Waals surface area contributed by atoms with Crippen LogP contribution in [0, 0.1) is 0 Å². The molecule has 0 spiro atoms. The SMILES string of the molecule is O=c1[nH]nc(-c2cccc3c2OCCN3)[nH]1. The summed E-state index contributed by atoms with van der Waals surface area (Å²) in [5.74, 6) is 1.22. The fourth-order valence-electron chi connectivity index (χ4n) is 1.75. The molecular weight excluding hydrogens is 208 g/mol. The Morgan fingerprint density at radius 1 is 1.38 bits per heavy atom. The number of hydrogen-bond donors (Lipinski definition) is 3. The number of para-hydroxylation sites is 1. The molecule has 6 nitrogen and oxygen atoms in total. The van der Waals surface area contributed by atoms with E-state index in [0.717, 1.165) is 23.5 Å². The van der Waals surface area contributed by atoms with E-state index in [1.165, 1.54) is 0 Å². The van der Waals surface area contributed by atoms with Gasteiger partial charge in [0.25, 0.3) is 0 Å². The van der Waals surface area contributed by atoms with E-state index >= 15 is 0 Å². The minimum absolute atomic E-state index is 0.323. The van der Waals surface area contributed by atoms with E-state index in [9.17, 15) is 4.79 Å². The topological polar surface area (TPSA) is 82.8 Å². The molecule has 0 unspecified atom stereocenters. The summed E-state index contributed by atoms with van der Waals surface area (Å²) in [6.45, 7) is 1.40. The van der Waals surface area contributed by atoms with Crippen LogP contribution in [0.15, 0.2) is 23.0 Å². The van der Waals surface area contributed by atoms with Crippen LogP contribution in [0.25, 0.3) is 11.4 Å². The van der Waals surface area contributed by atoms with E-state index < -0.39 is 0 Å². The maximum absolute atomic E-state index is 11.0. The van der Waals surface area contributed by atoms with E-state index in [1.54, 1.807) is 0 Å². The predicted octanol–water partition coefficient (Wildman–Crippen LogP) is 0.569. The van der Waals surface area contributed by atoms with Crippen LogP contribution in [0.5, 0.6) is 5.75 Å². The summed E-state index contributed by atoms with van der Waals surface area (Å²) in [7, 11) is 0. The van der Waals surface area contributed by atoms with Crippen molar-refractivity contribution >= 4 is 5.69 Å². The highest BCUT2D eigenvalue weighted by molar-refractivity contribution is 5.75. The normalized spacial score (nSPS) is 13.8. The van der Waals surface area contributed by atoms with Gasteiger partial charge in [-0.3, -0.25) is 4.98 Å². The van der Waals surface area contributed by atoms with Gasteiger partial charge in [0.1, 0.15) is 6.61 Å². The lowest BCUT2D eigenvalue weighted by Gasteiger charge is -2.20. The molecule has 0 bridgehead atoms. The molecule has 2 aromatic rings. The first-order valence-electron chi connectivity index (χ1n) is 4.99. The third-order valence-electron chi connectivity index (χ3n) is 2.44. The molecular formula is C10H10N4O2. The smallest absolute Gasteiger partial charge is 0.340 e. The number of rotatable bonds is 1. The number of hydrogen-bond acceptors (Lipinski definition) is 4. The number of aromatic nitrogens is 3. The van der Waals surface area contributed by atoms with Crippen LogP contribution in [0.4, 0.5) is 5.69 Å². The van der Waals surface area contributed by atoms with Crippen LogP contribution in [-0.4, -0.2) is 28.3 Å². The molecule has 3 rings (SSSR count). The first-order valence-corrected chi connectivity index (χ1v) is 4.99. The summed E-state index contributed by atoms with van der Waals surface area (Å²) in [6, 6.07) is 5.68. The van der Waals surface area contributed by atoms with Crippen molar-refractivity contribution in [1.82, 2.24) is 15.2 Å². The third-order valence-corrected chi connectivity index (χ3v) is 2.44. The Bertz CT molecular complexity index is 572. The van der Waals surface area contributed by atoms with Crippen LogP contribution in [0.3, 0.4) is 0 Å². The van der Waals surface area contributed by atoms with Gasteiger partial charge in [0.2, 0.25) is 0 Å². The van der Waals surface area contributed by atoms with Crippen molar-refractivity contribution in [2.24, 2.45) is 0 Å². The van der Waals surface area contributed by atoms with Crippen LogP contribution in [-0.2, 0) is 0 Å². The van der Waals surface area contributed by atoms with Crippen molar-refractivity contribution in [2.75, 3.05) is 18.5 Å². The summed E-state index contributed by atoms with van der Waals surface area (Å²) >= 11 is 0. The second kappa shape index (κ2) is 3.41. The van der Waals surface area contributed by atoms with E-state index in [4.69, 9.17) is 4.74 Å². The molecule has 6 heteroatoms. The molecule has 0 saturated heterocycles. The van der Waals surface area contributed by atoms with Crippen molar-refractivity contribution in [3.63, 3.8) is 0 Å². The van der Waals surface area contributed by atoms with Gasteiger partial charge >= 0.3 is 5.69 Å². The number of benzene rings is 1. The molecule has 1 aliphatic rings. The molecule has 2 heterocycles. The largest absolute Gasteiger partial charge is 0.489 e. The Morgan fingerprint density at radius 3 is 3.12 bits per heavy atom. The summed E-state index contributed by atoms with van der Waals surface area (Å²) in [6.07, 6.45) is 0. The minimum Gasteiger partial charge on any atom is -0.489 e. The number of H-pyrrole nitrogens is 2. The zero-order valence-electron chi connectivity index (χ0n) is 8.41. The van der Waals surface area contributed by atoms with Gasteiger partial charge in [0.15, 0.2) is 11.6 Å². The Kier molecular flexibility index (Phi) is 1.92. The van der Waals surface area contributed by atoms with Gasteiger partial charge < -0.3 is 10.1 Å². The average molecular weight is 218 g/mol. The summed E-state index contributed by atoms with van der Waals surface area (Å²) in [5.41, 5.74) is 1.38. The van der Waals surface area contributed by atoms with Gasteiger partial charge in [-0.1, -0.05) is 6.07 Å². The van der Waals surface area contributed by atoms with E-state index in [-0.39, 0.29) is 5.69 Å². The molecule has 0 aliphatic carbocycles. The molecule has 0 fully saturated rings. The Hall–Kier alpha value is -2.24. The molecule has 1 aromatic heterocycles. The van der Waals surface area contributed by atoms with Crippen molar-refractivity contribution in [2.45, 2.75) is 0 Å². The number of anilines is 1. The molecule has 0 saturated carbocycles. The highest BCUT2D eigenvalue weighted by Gasteiger charge is 2.16. The van der Waals surface area contributed by atoms with Crippen LogP contribution >= 0.6 is 0 Å². The summed E-state index contributed by atoms with van der Waals surface area (Å²) in [4.78, 5) is 13.6. The molecule has 0 amide bonds. The zero-order valence-corrected chi connectivity index (χ0v) is 8.41. The number of fused-ring (bicyclic) bond motifs is 1.